The van der Waals surface area contributed by atoms with Crippen LogP contribution >= 0.6 is 0 Å². The summed E-state index contributed by atoms with van der Waals surface area (Å²) in [5.74, 6) is -0.654. The van der Waals surface area contributed by atoms with E-state index in [9.17, 15) is 24.0 Å². The van der Waals surface area contributed by atoms with Gasteiger partial charge < -0.3 is 26.2 Å². The fourth-order valence-corrected chi connectivity index (χ4v) is 7.11. The average molecular weight is 723 g/mol. The number of rotatable bonds is 17. The number of hydrogen-bond donors (Lipinski definition) is 4. The third-order valence-corrected chi connectivity index (χ3v) is 10.5. The minimum atomic E-state index is -0.636. The molecule has 1 aliphatic heterocycles. The van der Waals surface area contributed by atoms with Gasteiger partial charge in [0.1, 0.15) is 0 Å². The van der Waals surface area contributed by atoms with Crippen LogP contribution in [-0.2, 0) is 20.8 Å². The second kappa shape index (κ2) is 17.7. The standard InChI is InChI=1S/C42H54N6O5/c1-7-30-22-36(30)39(50)38(25(2)3)47-40(51)28(6)44-24-34(18-29-12-9-8-10-13-29)46-42(53)33-19-32(20-35(21-33)48-26(4)15-16-37(48)49)41(52)45-27(5)31-14-11-17-43-23-31/h8-14,17,19-21,23,25-28,30,34,36,38,44H,7,15-16,18,22,24H2,1-6H3,(H,45,52)(H,46,53)(H,47,51)/t26?,27?,28-,30?,34-,36?,38-/m0/s1. The summed E-state index contributed by atoms with van der Waals surface area (Å²) in [5, 5.41) is 12.4. The fourth-order valence-electron chi connectivity index (χ4n) is 7.11. The summed E-state index contributed by atoms with van der Waals surface area (Å²) < 4.78 is 0. The van der Waals surface area contributed by atoms with Gasteiger partial charge in [0.15, 0.2) is 5.78 Å². The van der Waals surface area contributed by atoms with Crippen LogP contribution in [0.5, 0.6) is 0 Å². The third kappa shape index (κ3) is 10.2. The first-order valence-electron chi connectivity index (χ1n) is 19.0. The van der Waals surface area contributed by atoms with E-state index in [0.717, 1.165) is 24.0 Å². The lowest BCUT2D eigenvalue weighted by atomic mass is 9.95. The van der Waals surface area contributed by atoms with Crippen LogP contribution in [0.4, 0.5) is 5.69 Å². The highest BCUT2D eigenvalue weighted by Gasteiger charge is 2.45. The summed E-state index contributed by atoms with van der Waals surface area (Å²) in [6.45, 7) is 11.8. The molecule has 11 heteroatoms. The zero-order valence-electron chi connectivity index (χ0n) is 31.7. The Balaban J connectivity index is 1.34. The number of carbonyl (C=O) groups excluding carboxylic acids is 5. The summed E-state index contributed by atoms with van der Waals surface area (Å²) in [7, 11) is 0. The number of nitrogens with one attached hydrogen (secondary N) is 4. The molecule has 1 saturated carbocycles. The van der Waals surface area contributed by atoms with Gasteiger partial charge >= 0.3 is 0 Å². The molecule has 11 nitrogen and oxygen atoms in total. The molecule has 2 aliphatic rings. The lowest BCUT2D eigenvalue weighted by Gasteiger charge is -2.26. The van der Waals surface area contributed by atoms with E-state index in [2.05, 4.69) is 33.2 Å². The normalized spacial score (nSPS) is 20.3. The number of nitrogens with zero attached hydrogens (tertiary/aromatic N) is 2. The zero-order valence-corrected chi connectivity index (χ0v) is 31.7. The topological polar surface area (TPSA) is 150 Å². The van der Waals surface area contributed by atoms with E-state index in [0.29, 0.717) is 30.9 Å². The molecule has 0 spiro atoms. The van der Waals surface area contributed by atoms with Crippen molar-refractivity contribution in [1.29, 1.82) is 0 Å². The van der Waals surface area contributed by atoms with Crippen LogP contribution in [0.2, 0.25) is 0 Å². The number of Topliss-reactive ketones (excluding diaryl/α,β-unsaturated/α-hetero) is 1. The first kappa shape index (κ1) is 39.3. The Bertz CT molecular complexity index is 1770. The van der Waals surface area contributed by atoms with E-state index in [1.165, 1.54) is 0 Å². The first-order valence-corrected chi connectivity index (χ1v) is 19.0. The Morgan fingerprint density at radius 3 is 2.19 bits per heavy atom. The summed E-state index contributed by atoms with van der Waals surface area (Å²) >= 11 is 0. The maximum Gasteiger partial charge on any atom is 0.251 e. The Kier molecular flexibility index (Phi) is 13.2. The molecule has 2 heterocycles. The van der Waals surface area contributed by atoms with Crippen molar-refractivity contribution in [3.63, 3.8) is 0 Å². The van der Waals surface area contributed by atoms with Gasteiger partial charge in [0.2, 0.25) is 11.8 Å². The van der Waals surface area contributed by atoms with E-state index in [-0.39, 0.29) is 65.1 Å². The molecule has 4 amide bonds. The third-order valence-electron chi connectivity index (χ3n) is 10.5. The van der Waals surface area contributed by atoms with E-state index in [1.54, 1.807) is 48.5 Å². The van der Waals surface area contributed by atoms with Crippen LogP contribution in [0.3, 0.4) is 0 Å². The zero-order chi connectivity index (χ0) is 38.2. The highest BCUT2D eigenvalue weighted by Crippen LogP contribution is 2.42. The molecular formula is C42H54N6O5. The molecule has 282 valence electrons. The molecule has 4 N–H and O–H groups in total. The molecule has 2 aromatic carbocycles. The molecule has 53 heavy (non-hydrogen) atoms. The molecule has 3 aromatic rings. The van der Waals surface area contributed by atoms with Crippen molar-refractivity contribution in [3.8, 4) is 0 Å². The number of amides is 4. The Labute approximate surface area is 313 Å². The number of ketones is 1. The van der Waals surface area contributed by atoms with Gasteiger partial charge in [-0.2, -0.15) is 0 Å². The number of pyridine rings is 1. The van der Waals surface area contributed by atoms with E-state index in [1.807, 2.05) is 64.1 Å². The molecule has 2 fully saturated rings. The van der Waals surface area contributed by atoms with Gasteiger partial charge in [0.05, 0.1) is 18.1 Å². The van der Waals surface area contributed by atoms with E-state index >= 15 is 0 Å². The van der Waals surface area contributed by atoms with Crippen LogP contribution in [0.15, 0.2) is 73.1 Å². The van der Waals surface area contributed by atoms with Crippen molar-refractivity contribution in [2.75, 3.05) is 11.4 Å². The molecule has 1 aliphatic carbocycles. The molecule has 0 bridgehead atoms. The predicted molar refractivity (Wildman–Crippen MR) is 205 cm³/mol. The van der Waals surface area contributed by atoms with Crippen LogP contribution in [0.1, 0.15) is 105 Å². The van der Waals surface area contributed by atoms with Crippen LogP contribution in [0.25, 0.3) is 0 Å². The highest BCUT2D eigenvalue weighted by molar-refractivity contribution is 6.04. The number of anilines is 1. The molecule has 1 saturated heterocycles. The van der Waals surface area contributed by atoms with Crippen molar-refractivity contribution in [1.82, 2.24) is 26.3 Å². The van der Waals surface area contributed by atoms with Crippen LogP contribution < -0.4 is 26.2 Å². The summed E-state index contributed by atoms with van der Waals surface area (Å²) in [5.41, 5.74) is 2.80. The van der Waals surface area contributed by atoms with Crippen molar-refractivity contribution in [3.05, 3.63) is 95.3 Å². The summed E-state index contributed by atoms with van der Waals surface area (Å²) in [6, 6.07) is 16.2. The maximum atomic E-state index is 14.1. The van der Waals surface area contributed by atoms with Gasteiger partial charge in [-0.3, -0.25) is 29.0 Å². The quantitative estimate of drug-likeness (QED) is 0.150. The fraction of sp³-hybridized carbons (Fsp3) is 0.476. The largest absolute Gasteiger partial charge is 0.348 e. The van der Waals surface area contributed by atoms with Gasteiger partial charge in [-0.25, -0.2) is 0 Å². The van der Waals surface area contributed by atoms with Crippen molar-refractivity contribution >= 4 is 35.1 Å². The van der Waals surface area contributed by atoms with E-state index in [4.69, 9.17) is 0 Å². The summed E-state index contributed by atoms with van der Waals surface area (Å²) in [6.07, 6.45) is 6.74. The van der Waals surface area contributed by atoms with Gasteiger partial charge in [0, 0.05) is 60.2 Å². The molecule has 1 aromatic heterocycles. The minimum absolute atomic E-state index is 0.0166. The molecule has 5 rings (SSSR count). The SMILES string of the molecule is CCC1CC1C(=O)[C@@H](NC(=O)[C@H](C)NC[C@H](Cc1ccccc1)NC(=O)c1cc(C(=O)NC(C)c2cccnc2)cc(N2C(=O)CCC2C)c1)C(C)C. The number of benzene rings is 2. The number of aromatic nitrogens is 1. The second-order valence-electron chi connectivity index (χ2n) is 15.0. The van der Waals surface area contributed by atoms with Gasteiger partial charge in [0.25, 0.3) is 11.8 Å². The first-order chi connectivity index (χ1) is 25.4. The Morgan fingerprint density at radius 2 is 1.60 bits per heavy atom. The van der Waals surface area contributed by atoms with Crippen molar-refractivity contribution in [2.24, 2.45) is 17.8 Å². The van der Waals surface area contributed by atoms with Crippen molar-refractivity contribution < 1.29 is 24.0 Å². The van der Waals surface area contributed by atoms with Gasteiger partial charge in [-0.1, -0.05) is 63.6 Å². The second-order valence-corrected chi connectivity index (χ2v) is 15.0. The summed E-state index contributed by atoms with van der Waals surface area (Å²) in [4.78, 5) is 73.1. The number of hydrogen-bond acceptors (Lipinski definition) is 7. The maximum absolute atomic E-state index is 14.1. The molecular weight excluding hydrogens is 668 g/mol. The molecule has 0 radical (unpaired) electrons. The molecule has 4 unspecified atom stereocenters. The number of carbonyl (C=O) groups is 5. The van der Waals surface area contributed by atoms with Crippen molar-refractivity contribution in [2.45, 2.75) is 104 Å². The smallest absolute Gasteiger partial charge is 0.251 e. The highest BCUT2D eigenvalue weighted by atomic mass is 16.2. The molecule has 7 atom stereocenters. The van der Waals surface area contributed by atoms with Gasteiger partial charge in [-0.15, -0.1) is 0 Å². The average Bonchev–Trinajstić information content (AvgIpc) is 3.88. The Hall–Kier alpha value is -4.90. The lowest BCUT2D eigenvalue weighted by Crippen LogP contribution is -2.53. The van der Waals surface area contributed by atoms with E-state index < -0.39 is 24.0 Å². The van der Waals surface area contributed by atoms with Crippen LogP contribution in [-0.4, -0.2) is 65.1 Å². The Morgan fingerprint density at radius 1 is 0.906 bits per heavy atom. The predicted octanol–water partition coefficient (Wildman–Crippen LogP) is 5.16. The van der Waals surface area contributed by atoms with Crippen LogP contribution in [0, 0.1) is 17.8 Å². The minimum Gasteiger partial charge on any atom is -0.348 e. The monoisotopic (exact) mass is 722 g/mol. The lowest BCUT2D eigenvalue weighted by molar-refractivity contribution is -0.130. The van der Waals surface area contributed by atoms with Gasteiger partial charge in [-0.05, 0) is 87.3 Å².